The molecular weight excluding hydrogens is 198 g/mol. The van der Waals surface area contributed by atoms with Gasteiger partial charge >= 0.3 is 0 Å². The Morgan fingerprint density at radius 2 is 1.88 bits per heavy atom. The standard InChI is InChI=1S/C14H25NO/c1-5-12(6-2)15(10-11(3)4)13-7-8-14(16)9-13/h9,11-12H,5-8,10H2,1-4H3. The van der Waals surface area contributed by atoms with E-state index in [9.17, 15) is 4.79 Å². The van der Waals surface area contributed by atoms with Crippen LogP contribution in [0, 0.1) is 5.92 Å². The van der Waals surface area contributed by atoms with Gasteiger partial charge < -0.3 is 4.90 Å². The van der Waals surface area contributed by atoms with Gasteiger partial charge in [0.15, 0.2) is 5.78 Å². The second kappa shape index (κ2) is 6.07. The molecule has 1 aliphatic rings. The van der Waals surface area contributed by atoms with Crippen LogP contribution in [0.15, 0.2) is 11.8 Å². The molecule has 0 atom stereocenters. The minimum atomic E-state index is 0.301. The highest BCUT2D eigenvalue weighted by molar-refractivity contribution is 5.92. The highest BCUT2D eigenvalue weighted by Gasteiger charge is 2.23. The molecular formula is C14H25NO. The van der Waals surface area contributed by atoms with Gasteiger partial charge in [0.05, 0.1) is 0 Å². The predicted molar refractivity (Wildman–Crippen MR) is 68.2 cm³/mol. The topological polar surface area (TPSA) is 20.3 Å². The van der Waals surface area contributed by atoms with Crippen LogP contribution in [0.3, 0.4) is 0 Å². The number of hydrogen-bond acceptors (Lipinski definition) is 2. The number of carbonyl (C=O) groups is 1. The van der Waals surface area contributed by atoms with Crippen molar-refractivity contribution in [2.45, 2.75) is 59.4 Å². The van der Waals surface area contributed by atoms with Gasteiger partial charge in [-0.05, 0) is 25.2 Å². The van der Waals surface area contributed by atoms with Gasteiger partial charge in [0.1, 0.15) is 0 Å². The number of hydrogen-bond donors (Lipinski definition) is 0. The Kier molecular flexibility index (Phi) is 5.04. The van der Waals surface area contributed by atoms with Gasteiger partial charge in [0.2, 0.25) is 0 Å². The van der Waals surface area contributed by atoms with Crippen molar-refractivity contribution in [2.75, 3.05) is 6.54 Å². The number of allylic oxidation sites excluding steroid dienone is 2. The molecule has 0 heterocycles. The Hall–Kier alpha value is -0.790. The molecule has 0 unspecified atom stereocenters. The lowest BCUT2D eigenvalue weighted by atomic mass is 10.1. The number of ketones is 1. The van der Waals surface area contributed by atoms with E-state index in [4.69, 9.17) is 0 Å². The predicted octanol–water partition coefficient (Wildman–Crippen LogP) is 3.38. The summed E-state index contributed by atoms with van der Waals surface area (Å²) in [5.74, 6) is 0.951. The summed E-state index contributed by atoms with van der Waals surface area (Å²) < 4.78 is 0. The quantitative estimate of drug-likeness (QED) is 0.688. The fraction of sp³-hybridized carbons (Fsp3) is 0.786. The first-order valence-corrected chi connectivity index (χ1v) is 6.58. The van der Waals surface area contributed by atoms with Crippen LogP contribution in [-0.4, -0.2) is 23.3 Å². The molecule has 0 saturated carbocycles. The largest absolute Gasteiger partial charge is 0.371 e. The summed E-state index contributed by atoms with van der Waals surface area (Å²) in [6, 6.07) is 0.597. The lowest BCUT2D eigenvalue weighted by Gasteiger charge is -2.35. The Bertz CT molecular complexity index is 264. The van der Waals surface area contributed by atoms with E-state index >= 15 is 0 Å². The molecule has 1 aliphatic carbocycles. The van der Waals surface area contributed by atoms with Crippen molar-refractivity contribution in [3.8, 4) is 0 Å². The van der Waals surface area contributed by atoms with E-state index in [0.29, 0.717) is 24.2 Å². The molecule has 0 N–H and O–H groups in total. The Morgan fingerprint density at radius 1 is 1.25 bits per heavy atom. The first-order valence-electron chi connectivity index (χ1n) is 6.58. The lowest BCUT2D eigenvalue weighted by Crippen LogP contribution is -2.36. The average molecular weight is 223 g/mol. The van der Waals surface area contributed by atoms with Crippen LogP contribution < -0.4 is 0 Å². The van der Waals surface area contributed by atoms with Crippen LogP contribution in [-0.2, 0) is 4.79 Å². The molecule has 0 aromatic rings. The number of nitrogens with zero attached hydrogens (tertiary/aromatic N) is 1. The van der Waals surface area contributed by atoms with Crippen LogP contribution >= 0.6 is 0 Å². The molecule has 2 heteroatoms. The molecule has 0 aromatic heterocycles. The SMILES string of the molecule is CCC(CC)N(CC(C)C)C1=CC(=O)CC1. The second-order valence-electron chi connectivity index (χ2n) is 5.12. The third-order valence-electron chi connectivity index (χ3n) is 3.27. The van der Waals surface area contributed by atoms with Gasteiger partial charge in [-0.2, -0.15) is 0 Å². The molecule has 1 rings (SSSR count). The summed E-state index contributed by atoms with van der Waals surface area (Å²) in [7, 11) is 0. The molecule has 0 aromatic carbocycles. The van der Waals surface area contributed by atoms with Crippen LogP contribution in [0.4, 0.5) is 0 Å². The van der Waals surface area contributed by atoms with Crippen molar-refractivity contribution in [3.63, 3.8) is 0 Å². The van der Waals surface area contributed by atoms with Crippen molar-refractivity contribution in [1.29, 1.82) is 0 Å². The van der Waals surface area contributed by atoms with Crippen LogP contribution in [0.5, 0.6) is 0 Å². The molecule has 0 fully saturated rings. The highest BCUT2D eigenvalue weighted by Crippen LogP contribution is 2.25. The first-order chi connectivity index (χ1) is 7.58. The highest BCUT2D eigenvalue weighted by atomic mass is 16.1. The zero-order valence-corrected chi connectivity index (χ0v) is 11.1. The molecule has 0 saturated heterocycles. The van der Waals surface area contributed by atoms with Crippen molar-refractivity contribution in [1.82, 2.24) is 4.90 Å². The van der Waals surface area contributed by atoms with Gasteiger partial charge in [0.25, 0.3) is 0 Å². The summed E-state index contributed by atoms with van der Waals surface area (Å²) in [4.78, 5) is 13.8. The van der Waals surface area contributed by atoms with Crippen LogP contribution in [0.25, 0.3) is 0 Å². The van der Waals surface area contributed by atoms with E-state index in [1.807, 2.05) is 6.08 Å². The Balaban J connectivity index is 2.77. The number of rotatable bonds is 6. The normalized spacial score (nSPS) is 16.1. The second-order valence-corrected chi connectivity index (χ2v) is 5.12. The van der Waals surface area contributed by atoms with E-state index < -0.39 is 0 Å². The van der Waals surface area contributed by atoms with Crippen molar-refractivity contribution >= 4 is 5.78 Å². The van der Waals surface area contributed by atoms with Crippen LogP contribution in [0.1, 0.15) is 53.4 Å². The maximum absolute atomic E-state index is 11.3. The lowest BCUT2D eigenvalue weighted by molar-refractivity contribution is -0.114. The van der Waals surface area contributed by atoms with Gasteiger partial charge in [-0.15, -0.1) is 0 Å². The minimum absolute atomic E-state index is 0.301. The summed E-state index contributed by atoms with van der Waals surface area (Å²) in [6.45, 7) is 10.0. The maximum atomic E-state index is 11.3. The Labute approximate surface area is 99.7 Å². The van der Waals surface area contributed by atoms with E-state index in [0.717, 1.165) is 25.8 Å². The molecule has 0 radical (unpaired) electrons. The average Bonchev–Trinajstić information content (AvgIpc) is 2.64. The van der Waals surface area contributed by atoms with E-state index in [1.54, 1.807) is 0 Å². The van der Waals surface area contributed by atoms with E-state index in [-0.39, 0.29) is 0 Å². The minimum Gasteiger partial charge on any atom is -0.371 e. The Morgan fingerprint density at radius 3 is 2.25 bits per heavy atom. The first kappa shape index (κ1) is 13.3. The summed E-state index contributed by atoms with van der Waals surface area (Å²) in [6.07, 6.45) is 5.84. The van der Waals surface area contributed by atoms with Gasteiger partial charge in [-0.3, -0.25) is 4.79 Å². The smallest absolute Gasteiger partial charge is 0.157 e. The third-order valence-corrected chi connectivity index (χ3v) is 3.27. The molecule has 0 amide bonds. The zero-order chi connectivity index (χ0) is 12.1. The third kappa shape index (κ3) is 3.36. The molecule has 0 aliphatic heterocycles. The van der Waals surface area contributed by atoms with Crippen molar-refractivity contribution < 1.29 is 4.79 Å². The molecule has 16 heavy (non-hydrogen) atoms. The molecule has 92 valence electrons. The molecule has 0 spiro atoms. The zero-order valence-electron chi connectivity index (χ0n) is 11.1. The molecule has 0 bridgehead atoms. The van der Waals surface area contributed by atoms with Gasteiger partial charge in [0, 0.05) is 30.8 Å². The maximum Gasteiger partial charge on any atom is 0.157 e. The van der Waals surface area contributed by atoms with Crippen molar-refractivity contribution in [2.24, 2.45) is 5.92 Å². The summed E-state index contributed by atoms with van der Waals surface area (Å²) in [5.41, 5.74) is 1.27. The van der Waals surface area contributed by atoms with E-state index in [2.05, 4.69) is 32.6 Å². The van der Waals surface area contributed by atoms with Gasteiger partial charge in [-0.1, -0.05) is 27.7 Å². The fourth-order valence-corrected chi connectivity index (χ4v) is 2.43. The van der Waals surface area contributed by atoms with Crippen LogP contribution in [0.2, 0.25) is 0 Å². The summed E-state index contributed by atoms with van der Waals surface area (Å²) in [5, 5.41) is 0. The fourth-order valence-electron chi connectivity index (χ4n) is 2.43. The molecule has 2 nitrogen and oxygen atoms in total. The summed E-state index contributed by atoms with van der Waals surface area (Å²) >= 11 is 0. The number of carbonyl (C=O) groups excluding carboxylic acids is 1. The van der Waals surface area contributed by atoms with Crippen molar-refractivity contribution in [3.05, 3.63) is 11.8 Å². The van der Waals surface area contributed by atoms with Gasteiger partial charge in [-0.25, -0.2) is 0 Å². The van der Waals surface area contributed by atoms with E-state index in [1.165, 1.54) is 5.70 Å². The monoisotopic (exact) mass is 223 g/mol.